The highest BCUT2D eigenvalue weighted by molar-refractivity contribution is 7.98. The van der Waals surface area contributed by atoms with Crippen LogP contribution >= 0.6 is 11.8 Å². The fourth-order valence-corrected chi connectivity index (χ4v) is 5.06. The molecule has 3 aromatic rings. The van der Waals surface area contributed by atoms with Crippen LogP contribution in [0.25, 0.3) is 5.57 Å². The highest BCUT2D eigenvalue weighted by Gasteiger charge is 2.34. The van der Waals surface area contributed by atoms with Crippen molar-refractivity contribution >= 4 is 34.7 Å². The van der Waals surface area contributed by atoms with Gasteiger partial charge in [-0.25, -0.2) is 13.8 Å². The second-order valence-corrected chi connectivity index (χ2v) is 11.0. The maximum absolute atomic E-state index is 15.0. The van der Waals surface area contributed by atoms with E-state index in [-0.39, 0.29) is 11.6 Å². The molecule has 2 heterocycles. The van der Waals surface area contributed by atoms with E-state index in [4.69, 9.17) is 10.1 Å². The van der Waals surface area contributed by atoms with Gasteiger partial charge in [0, 0.05) is 48.1 Å². The Balaban J connectivity index is 1.92. The Hall–Kier alpha value is -3.40. The molecular weight excluding hydrogens is 516 g/mol. The van der Waals surface area contributed by atoms with Gasteiger partial charge >= 0.3 is 0 Å². The number of thioether (sulfide) groups is 1. The van der Waals surface area contributed by atoms with Crippen molar-refractivity contribution in [3.05, 3.63) is 69.9 Å². The second-order valence-electron chi connectivity index (χ2n) is 10.1. The van der Waals surface area contributed by atoms with E-state index in [9.17, 15) is 0 Å². The number of allylic oxidation sites excluding steroid dienone is 3. The number of nitrogens with zero attached hydrogens (tertiary/aromatic N) is 5. The SMILES string of the molecule is CC/C(C)=C(/C(=C(\N=C(/C)N(C)c1c(F)cc(SC)cc1F)Nc1cc(C)[nH]n1)C1CC1)c1nn(C)cc1C. The zero-order chi connectivity index (χ0) is 28.4. The number of hydrogen-bond acceptors (Lipinski definition) is 5. The van der Waals surface area contributed by atoms with Crippen LogP contribution in [0.5, 0.6) is 0 Å². The number of aromatic amines is 1. The molecule has 10 heteroatoms. The first-order chi connectivity index (χ1) is 18.5. The van der Waals surface area contributed by atoms with Gasteiger partial charge in [0.25, 0.3) is 0 Å². The van der Waals surface area contributed by atoms with Crippen molar-refractivity contribution in [2.45, 2.75) is 58.8 Å². The van der Waals surface area contributed by atoms with Crippen molar-refractivity contribution in [1.29, 1.82) is 0 Å². The number of halogens is 2. The van der Waals surface area contributed by atoms with Crippen molar-refractivity contribution in [2.75, 3.05) is 23.5 Å². The molecule has 1 saturated carbocycles. The van der Waals surface area contributed by atoms with Crippen LogP contribution in [-0.4, -0.2) is 39.1 Å². The number of hydrogen-bond donors (Lipinski definition) is 2. The minimum atomic E-state index is -0.633. The smallest absolute Gasteiger partial charge is 0.153 e. The van der Waals surface area contributed by atoms with Gasteiger partial charge < -0.3 is 10.2 Å². The summed E-state index contributed by atoms with van der Waals surface area (Å²) in [7, 11) is 3.55. The lowest BCUT2D eigenvalue weighted by molar-refractivity contribution is 0.579. The van der Waals surface area contributed by atoms with Gasteiger partial charge in [-0.15, -0.1) is 11.8 Å². The molecule has 0 unspecified atom stereocenters. The monoisotopic (exact) mass is 553 g/mol. The lowest BCUT2D eigenvalue weighted by atomic mass is 9.91. The minimum Gasteiger partial charge on any atom is -0.328 e. The third-order valence-corrected chi connectivity index (χ3v) is 7.70. The number of aryl methyl sites for hydroxylation is 3. The van der Waals surface area contributed by atoms with Crippen LogP contribution in [0.1, 0.15) is 57.0 Å². The standard InChI is InChI=1S/C29H37F2N7S/c1-9-16(2)25(27-17(3)15-37(6)36-27)26(20-10-11-20)29(33-24-12-18(4)34-35-24)32-19(5)38(7)28-22(30)13-21(39-8)14-23(28)31/h12-15,20H,9-11H2,1-8H3,(H2,33,34,35)/b25-16-,29-26+,32-19+. The lowest BCUT2D eigenvalue weighted by Gasteiger charge is -2.23. The fraction of sp³-hybridized carbons (Fsp3) is 0.414. The van der Waals surface area contributed by atoms with Gasteiger partial charge in [0.15, 0.2) is 17.5 Å². The average Bonchev–Trinajstić information content (AvgIpc) is 3.55. The summed E-state index contributed by atoms with van der Waals surface area (Å²) >= 11 is 1.29. The molecule has 0 saturated heterocycles. The molecule has 208 valence electrons. The van der Waals surface area contributed by atoms with Gasteiger partial charge in [0.05, 0.1) is 5.69 Å². The summed E-state index contributed by atoms with van der Waals surface area (Å²) in [4.78, 5) is 6.98. The van der Waals surface area contributed by atoms with Crippen molar-refractivity contribution in [2.24, 2.45) is 18.0 Å². The van der Waals surface area contributed by atoms with Gasteiger partial charge in [0.2, 0.25) is 0 Å². The number of aromatic nitrogens is 4. The topological polar surface area (TPSA) is 74.1 Å². The summed E-state index contributed by atoms with van der Waals surface area (Å²) in [5.74, 6) is 0.666. The third kappa shape index (κ3) is 6.27. The molecule has 1 fully saturated rings. The molecule has 0 spiro atoms. The first-order valence-electron chi connectivity index (χ1n) is 13.1. The zero-order valence-corrected chi connectivity index (χ0v) is 24.7. The fourth-order valence-electron chi connectivity index (χ4n) is 4.62. The van der Waals surface area contributed by atoms with Crippen LogP contribution in [0, 0.1) is 31.4 Å². The van der Waals surface area contributed by atoms with Crippen LogP contribution in [-0.2, 0) is 7.05 Å². The summed E-state index contributed by atoms with van der Waals surface area (Å²) in [5.41, 5.74) is 6.06. The number of rotatable bonds is 9. The van der Waals surface area contributed by atoms with E-state index < -0.39 is 11.6 Å². The van der Waals surface area contributed by atoms with Crippen LogP contribution in [0.15, 0.2) is 51.3 Å². The summed E-state index contributed by atoms with van der Waals surface area (Å²) in [6.45, 7) is 10.0. The van der Waals surface area contributed by atoms with Crippen molar-refractivity contribution in [3.8, 4) is 0 Å². The molecule has 39 heavy (non-hydrogen) atoms. The summed E-state index contributed by atoms with van der Waals surface area (Å²) in [5, 5.41) is 15.6. The molecule has 0 aliphatic heterocycles. The van der Waals surface area contributed by atoms with Crippen LogP contribution in [0.4, 0.5) is 20.3 Å². The molecular formula is C29H37F2N7S. The van der Waals surface area contributed by atoms with E-state index in [1.54, 1.807) is 20.2 Å². The van der Waals surface area contributed by atoms with Crippen LogP contribution in [0.2, 0.25) is 0 Å². The maximum Gasteiger partial charge on any atom is 0.153 e. The first kappa shape index (κ1) is 28.6. The molecule has 0 radical (unpaired) electrons. The summed E-state index contributed by atoms with van der Waals surface area (Å²) in [6.07, 6.45) is 6.69. The van der Waals surface area contributed by atoms with Crippen LogP contribution < -0.4 is 10.2 Å². The molecule has 7 nitrogen and oxygen atoms in total. The van der Waals surface area contributed by atoms with Gasteiger partial charge in [-0.3, -0.25) is 9.78 Å². The van der Waals surface area contributed by atoms with Crippen molar-refractivity contribution in [1.82, 2.24) is 20.0 Å². The Morgan fingerprint density at radius 1 is 1.21 bits per heavy atom. The van der Waals surface area contributed by atoms with E-state index in [2.05, 4.69) is 36.3 Å². The molecule has 2 N–H and O–H groups in total. The minimum absolute atomic E-state index is 0.141. The summed E-state index contributed by atoms with van der Waals surface area (Å²) < 4.78 is 31.9. The quantitative estimate of drug-likeness (QED) is 0.127. The molecule has 2 aromatic heterocycles. The molecule has 4 rings (SSSR count). The predicted octanol–water partition coefficient (Wildman–Crippen LogP) is 7.23. The molecule has 1 aliphatic rings. The van der Waals surface area contributed by atoms with E-state index in [0.717, 1.165) is 47.4 Å². The number of benzene rings is 1. The van der Waals surface area contributed by atoms with E-state index in [0.29, 0.717) is 22.4 Å². The summed E-state index contributed by atoms with van der Waals surface area (Å²) in [6, 6.07) is 4.60. The molecule has 0 atom stereocenters. The zero-order valence-electron chi connectivity index (χ0n) is 23.9. The lowest BCUT2D eigenvalue weighted by Crippen LogP contribution is -2.26. The molecule has 1 aliphatic carbocycles. The molecule has 0 bridgehead atoms. The number of amidine groups is 1. The van der Waals surface area contributed by atoms with E-state index >= 15 is 8.78 Å². The molecule has 1 aromatic carbocycles. The number of aliphatic imine (C=N–C) groups is 1. The number of H-pyrrole nitrogens is 1. The first-order valence-corrected chi connectivity index (χ1v) is 14.3. The largest absolute Gasteiger partial charge is 0.328 e. The average molecular weight is 554 g/mol. The van der Waals surface area contributed by atoms with Gasteiger partial charge in [0.1, 0.15) is 17.3 Å². The highest BCUT2D eigenvalue weighted by atomic mass is 32.2. The highest BCUT2D eigenvalue weighted by Crippen LogP contribution is 2.47. The third-order valence-electron chi connectivity index (χ3n) is 6.99. The Bertz CT molecular complexity index is 1440. The Morgan fingerprint density at radius 3 is 2.36 bits per heavy atom. The van der Waals surface area contributed by atoms with E-state index in [1.807, 2.05) is 30.9 Å². The van der Waals surface area contributed by atoms with Crippen LogP contribution in [0.3, 0.4) is 0 Å². The van der Waals surface area contributed by atoms with E-state index in [1.165, 1.54) is 34.4 Å². The van der Waals surface area contributed by atoms with Gasteiger partial charge in [-0.1, -0.05) is 12.5 Å². The normalized spacial score (nSPS) is 15.3. The maximum atomic E-state index is 15.0. The van der Waals surface area contributed by atoms with Crippen molar-refractivity contribution < 1.29 is 8.78 Å². The predicted molar refractivity (Wildman–Crippen MR) is 157 cm³/mol. The second kappa shape index (κ2) is 11.8. The Kier molecular flexibility index (Phi) is 8.64. The van der Waals surface area contributed by atoms with Gasteiger partial charge in [-0.2, -0.15) is 10.2 Å². The Morgan fingerprint density at radius 2 is 1.87 bits per heavy atom. The number of nitrogens with one attached hydrogen (secondary N) is 2. The number of anilines is 2. The molecule has 0 amide bonds. The van der Waals surface area contributed by atoms with Crippen molar-refractivity contribution in [3.63, 3.8) is 0 Å². The van der Waals surface area contributed by atoms with Gasteiger partial charge in [-0.05, 0) is 76.8 Å². The Labute approximate surface area is 233 Å².